The molecule has 0 aliphatic heterocycles. The Morgan fingerprint density at radius 2 is 1.44 bits per heavy atom. The van der Waals surface area contributed by atoms with Crippen molar-refractivity contribution >= 4 is 0 Å². The van der Waals surface area contributed by atoms with E-state index >= 15 is 0 Å². The summed E-state index contributed by atoms with van der Waals surface area (Å²) in [4.78, 5) is 0. The molecule has 18 heavy (non-hydrogen) atoms. The van der Waals surface area contributed by atoms with Crippen molar-refractivity contribution < 1.29 is 0 Å². The van der Waals surface area contributed by atoms with Gasteiger partial charge in [0.2, 0.25) is 0 Å². The highest BCUT2D eigenvalue weighted by molar-refractivity contribution is 5.38. The predicted octanol–water partition coefficient (Wildman–Crippen LogP) is 2.93. The molecule has 3 N–H and O–H groups in total. The first-order chi connectivity index (χ1) is 8.76. The molecular formula is C14H24N4. The van der Waals surface area contributed by atoms with Crippen LogP contribution in [-0.4, -0.2) is 6.54 Å². The zero-order valence-electron chi connectivity index (χ0n) is 11.3. The number of hydrogen-bond acceptors (Lipinski definition) is 4. The maximum absolute atomic E-state index is 8.59. The number of unbranched alkanes of at least 4 members (excludes halogenated alkanes) is 7. The second-order valence-corrected chi connectivity index (χ2v) is 4.41. The number of hydrogen-bond donors (Lipinski definition) is 2. The normalized spacial score (nSPS) is 9.28. The third-order valence-corrected chi connectivity index (χ3v) is 2.84. The molecule has 0 aliphatic carbocycles. The molecule has 100 valence electrons. The SMILES string of the molecule is CCCCCCCCCCNC(N)=C(C#N)C#N. The van der Waals surface area contributed by atoms with Gasteiger partial charge >= 0.3 is 0 Å². The van der Waals surface area contributed by atoms with Gasteiger partial charge < -0.3 is 11.1 Å². The van der Waals surface area contributed by atoms with Crippen molar-refractivity contribution in [3.05, 3.63) is 11.4 Å². The minimum absolute atomic E-state index is 0.0328. The zero-order chi connectivity index (χ0) is 13.6. The lowest BCUT2D eigenvalue weighted by Crippen LogP contribution is -2.22. The van der Waals surface area contributed by atoms with Crippen LogP contribution in [0.1, 0.15) is 58.3 Å². The number of allylic oxidation sites excluding steroid dienone is 1. The van der Waals surface area contributed by atoms with E-state index in [2.05, 4.69) is 12.2 Å². The van der Waals surface area contributed by atoms with E-state index in [0.29, 0.717) is 0 Å². The minimum Gasteiger partial charge on any atom is -0.384 e. The first-order valence-corrected chi connectivity index (χ1v) is 6.80. The molecule has 0 saturated heterocycles. The molecular weight excluding hydrogens is 224 g/mol. The first-order valence-electron chi connectivity index (χ1n) is 6.80. The van der Waals surface area contributed by atoms with Crippen LogP contribution in [0, 0.1) is 22.7 Å². The summed E-state index contributed by atoms with van der Waals surface area (Å²) in [6.45, 7) is 2.95. The van der Waals surface area contributed by atoms with Crippen LogP contribution < -0.4 is 11.1 Å². The van der Waals surface area contributed by atoms with Crippen molar-refractivity contribution in [1.29, 1.82) is 10.5 Å². The van der Waals surface area contributed by atoms with Crippen LogP contribution >= 0.6 is 0 Å². The van der Waals surface area contributed by atoms with E-state index in [-0.39, 0.29) is 11.4 Å². The van der Waals surface area contributed by atoms with Gasteiger partial charge in [0.1, 0.15) is 18.0 Å². The van der Waals surface area contributed by atoms with Crippen molar-refractivity contribution in [2.24, 2.45) is 5.73 Å². The van der Waals surface area contributed by atoms with Crippen molar-refractivity contribution in [3.63, 3.8) is 0 Å². The van der Waals surface area contributed by atoms with Crippen LogP contribution in [0.4, 0.5) is 0 Å². The second kappa shape index (κ2) is 11.8. The summed E-state index contributed by atoms with van der Waals surface area (Å²) in [6.07, 6.45) is 10.0. The summed E-state index contributed by atoms with van der Waals surface area (Å²) in [5.74, 6) is 0.197. The van der Waals surface area contributed by atoms with Crippen LogP contribution in [-0.2, 0) is 0 Å². The van der Waals surface area contributed by atoms with Gasteiger partial charge in [-0.15, -0.1) is 0 Å². The molecule has 0 amide bonds. The molecule has 4 heteroatoms. The first kappa shape index (κ1) is 16.3. The molecule has 0 saturated carbocycles. The zero-order valence-corrected chi connectivity index (χ0v) is 11.3. The van der Waals surface area contributed by atoms with Crippen molar-refractivity contribution in [1.82, 2.24) is 5.32 Å². The number of rotatable bonds is 10. The summed E-state index contributed by atoms with van der Waals surface area (Å²) < 4.78 is 0. The molecule has 0 atom stereocenters. The third-order valence-electron chi connectivity index (χ3n) is 2.84. The molecule has 0 aromatic carbocycles. The molecule has 0 rings (SSSR count). The third kappa shape index (κ3) is 8.47. The maximum atomic E-state index is 8.59. The minimum atomic E-state index is -0.0328. The fourth-order valence-electron chi connectivity index (χ4n) is 1.72. The van der Waals surface area contributed by atoms with E-state index in [9.17, 15) is 0 Å². The van der Waals surface area contributed by atoms with Gasteiger partial charge in [0.15, 0.2) is 5.57 Å². The molecule has 0 spiro atoms. The molecule has 0 fully saturated rings. The molecule has 0 unspecified atom stereocenters. The Morgan fingerprint density at radius 3 is 1.94 bits per heavy atom. The molecule has 0 heterocycles. The number of nitrogens with two attached hydrogens (primary N) is 1. The molecule has 4 nitrogen and oxygen atoms in total. The van der Waals surface area contributed by atoms with Crippen molar-refractivity contribution in [2.45, 2.75) is 58.3 Å². The topological polar surface area (TPSA) is 85.6 Å². The molecule has 0 aromatic heterocycles. The Kier molecular flexibility index (Phi) is 10.7. The van der Waals surface area contributed by atoms with E-state index in [1.807, 2.05) is 0 Å². The smallest absolute Gasteiger partial charge is 0.169 e. The summed E-state index contributed by atoms with van der Waals surface area (Å²) >= 11 is 0. The van der Waals surface area contributed by atoms with Gasteiger partial charge in [-0.2, -0.15) is 10.5 Å². The summed E-state index contributed by atoms with van der Waals surface area (Å²) in [5, 5.41) is 20.1. The Hall–Kier alpha value is -1.68. The number of nitrogens with zero attached hydrogens (tertiary/aromatic N) is 2. The number of nitrogens with one attached hydrogen (secondary N) is 1. The van der Waals surface area contributed by atoms with Crippen LogP contribution in [0.25, 0.3) is 0 Å². The van der Waals surface area contributed by atoms with Crippen LogP contribution in [0.5, 0.6) is 0 Å². The van der Waals surface area contributed by atoms with Gasteiger partial charge in [0.25, 0.3) is 0 Å². The Bertz CT molecular complexity index is 304. The van der Waals surface area contributed by atoms with E-state index in [1.165, 1.54) is 44.9 Å². The quantitative estimate of drug-likeness (QED) is 0.460. The highest BCUT2D eigenvalue weighted by Gasteiger charge is 2.00. The van der Waals surface area contributed by atoms with Crippen molar-refractivity contribution in [3.8, 4) is 12.1 Å². The lowest BCUT2D eigenvalue weighted by Gasteiger charge is -2.06. The highest BCUT2D eigenvalue weighted by Crippen LogP contribution is 2.08. The second-order valence-electron chi connectivity index (χ2n) is 4.41. The molecule has 0 aromatic rings. The van der Waals surface area contributed by atoms with Crippen LogP contribution in [0.2, 0.25) is 0 Å². The average molecular weight is 248 g/mol. The predicted molar refractivity (Wildman–Crippen MR) is 73.1 cm³/mol. The van der Waals surface area contributed by atoms with Gasteiger partial charge in [0, 0.05) is 6.54 Å². The summed E-state index contributed by atoms with van der Waals surface area (Å²) in [5.41, 5.74) is 5.53. The molecule has 0 aliphatic rings. The van der Waals surface area contributed by atoms with E-state index in [1.54, 1.807) is 12.1 Å². The Balaban J connectivity index is 3.45. The molecule has 0 radical (unpaired) electrons. The Labute approximate surface area is 110 Å². The monoisotopic (exact) mass is 248 g/mol. The highest BCUT2D eigenvalue weighted by atomic mass is 15.0. The average Bonchev–Trinajstić information content (AvgIpc) is 2.38. The lowest BCUT2D eigenvalue weighted by molar-refractivity contribution is 0.567. The van der Waals surface area contributed by atoms with Gasteiger partial charge in [-0.25, -0.2) is 0 Å². The summed E-state index contributed by atoms with van der Waals surface area (Å²) in [7, 11) is 0. The Morgan fingerprint density at radius 1 is 0.944 bits per heavy atom. The van der Waals surface area contributed by atoms with Gasteiger partial charge in [0.05, 0.1) is 0 Å². The van der Waals surface area contributed by atoms with Gasteiger partial charge in [-0.3, -0.25) is 0 Å². The van der Waals surface area contributed by atoms with E-state index in [0.717, 1.165) is 13.0 Å². The largest absolute Gasteiger partial charge is 0.384 e. The van der Waals surface area contributed by atoms with Crippen LogP contribution in [0.15, 0.2) is 11.4 Å². The van der Waals surface area contributed by atoms with E-state index in [4.69, 9.17) is 16.3 Å². The van der Waals surface area contributed by atoms with Gasteiger partial charge in [-0.05, 0) is 6.42 Å². The lowest BCUT2D eigenvalue weighted by atomic mass is 10.1. The fraction of sp³-hybridized carbons (Fsp3) is 0.714. The van der Waals surface area contributed by atoms with Gasteiger partial charge in [-0.1, -0.05) is 51.9 Å². The number of nitriles is 2. The molecule has 0 bridgehead atoms. The summed E-state index contributed by atoms with van der Waals surface area (Å²) in [6, 6.07) is 3.53. The fourth-order valence-corrected chi connectivity index (χ4v) is 1.72. The van der Waals surface area contributed by atoms with Crippen molar-refractivity contribution in [2.75, 3.05) is 6.54 Å². The standard InChI is InChI=1S/C14H24N4/c1-2-3-4-5-6-7-8-9-10-18-14(17)13(11-15)12-16/h18H,2-10,17H2,1H3. The van der Waals surface area contributed by atoms with E-state index < -0.39 is 0 Å². The van der Waals surface area contributed by atoms with Crippen LogP contribution in [0.3, 0.4) is 0 Å². The maximum Gasteiger partial charge on any atom is 0.169 e.